The van der Waals surface area contributed by atoms with Gasteiger partial charge < -0.3 is 9.90 Å². The molecule has 1 aromatic rings. The second-order valence-corrected chi connectivity index (χ2v) is 2.56. The molecule has 0 saturated heterocycles. The van der Waals surface area contributed by atoms with Gasteiger partial charge in [-0.3, -0.25) is 0 Å². The molecule has 0 N–H and O–H groups in total. The second kappa shape index (κ2) is 5.97. The van der Waals surface area contributed by atoms with Gasteiger partial charge in [-0.1, -0.05) is 35.9 Å². The Hall–Kier alpha value is -0.570. The van der Waals surface area contributed by atoms with E-state index >= 15 is 0 Å². The van der Waals surface area contributed by atoms with Gasteiger partial charge in [-0.15, -0.1) is 0 Å². The summed E-state index contributed by atoms with van der Waals surface area (Å²) in [4.78, 5) is 10.0. The van der Waals surface area contributed by atoms with Gasteiger partial charge in [0.05, 0.1) is 5.97 Å². The van der Waals surface area contributed by atoms with Crippen LogP contribution in [-0.2, 0) is 4.79 Å². The van der Waals surface area contributed by atoms with Crippen LogP contribution >= 0.6 is 0 Å². The van der Waals surface area contributed by atoms with Crippen LogP contribution in [0.4, 0.5) is 0 Å². The Morgan fingerprint density at radius 3 is 2.31 bits per heavy atom. The van der Waals surface area contributed by atoms with Crippen molar-refractivity contribution in [3.63, 3.8) is 0 Å². The molecule has 0 unspecified atom stereocenters. The fourth-order valence-corrected chi connectivity index (χ4v) is 0.842. The molecule has 2 nitrogen and oxygen atoms in total. The minimum Gasteiger partial charge on any atom is -0.545 e. The predicted molar refractivity (Wildman–Crippen MR) is 45.2 cm³/mol. The van der Waals surface area contributed by atoms with Crippen LogP contribution in [0.5, 0.6) is 0 Å². The summed E-state index contributed by atoms with van der Waals surface area (Å²) in [6.07, 6.45) is 2.53. The van der Waals surface area contributed by atoms with E-state index in [1.807, 2.05) is 31.2 Å². The standard InChI is InChI=1S/C10H10O2.Na/c1-8-2-4-9(5-3-8)6-7-10(11)12;/h2-7H,1H3,(H,11,12);/q;+1/p-1/b7-6+;. The molecule has 0 saturated carbocycles. The first-order chi connectivity index (χ1) is 5.68. The minimum atomic E-state index is -1.17. The molecule has 0 aromatic heterocycles. The Balaban J connectivity index is 0.00000144. The quantitative estimate of drug-likeness (QED) is 0.385. The summed E-state index contributed by atoms with van der Waals surface area (Å²) >= 11 is 0. The fraction of sp³-hybridized carbons (Fsp3) is 0.100. The number of hydrogen-bond acceptors (Lipinski definition) is 2. The van der Waals surface area contributed by atoms with E-state index in [-0.39, 0.29) is 29.6 Å². The molecule has 0 spiro atoms. The van der Waals surface area contributed by atoms with Gasteiger partial charge in [0.2, 0.25) is 0 Å². The van der Waals surface area contributed by atoms with Gasteiger partial charge in [0, 0.05) is 0 Å². The van der Waals surface area contributed by atoms with E-state index in [1.54, 1.807) is 0 Å². The summed E-state index contributed by atoms with van der Waals surface area (Å²) in [6, 6.07) is 7.56. The summed E-state index contributed by atoms with van der Waals surface area (Å²) in [7, 11) is 0. The first-order valence-corrected chi connectivity index (χ1v) is 3.64. The Morgan fingerprint density at radius 1 is 1.31 bits per heavy atom. The number of hydrogen-bond donors (Lipinski definition) is 0. The number of carbonyl (C=O) groups is 1. The largest absolute Gasteiger partial charge is 1.00 e. The van der Waals surface area contributed by atoms with Crippen LogP contribution in [0.25, 0.3) is 6.08 Å². The van der Waals surface area contributed by atoms with E-state index in [1.165, 1.54) is 6.08 Å². The molecule has 0 amide bonds. The first-order valence-electron chi connectivity index (χ1n) is 3.64. The van der Waals surface area contributed by atoms with Crippen molar-refractivity contribution in [3.8, 4) is 0 Å². The number of carboxylic acids is 1. The average molecular weight is 184 g/mol. The normalized spacial score (nSPS) is 9.62. The summed E-state index contributed by atoms with van der Waals surface area (Å²) < 4.78 is 0. The van der Waals surface area contributed by atoms with Crippen LogP contribution in [0.2, 0.25) is 0 Å². The third-order valence-corrected chi connectivity index (χ3v) is 1.49. The third kappa shape index (κ3) is 4.88. The van der Waals surface area contributed by atoms with E-state index in [0.29, 0.717) is 0 Å². The number of carbonyl (C=O) groups excluding carboxylic acids is 1. The van der Waals surface area contributed by atoms with Gasteiger partial charge in [0.1, 0.15) is 0 Å². The molecule has 1 aromatic carbocycles. The van der Waals surface area contributed by atoms with Crippen molar-refractivity contribution in [2.24, 2.45) is 0 Å². The number of carboxylic acid groups (broad SMARTS) is 1. The SMILES string of the molecule is Cc1ccc(/C=C/C(=O)[O-])cc1.[Na+]. The van der Waals surface area contributed by atoms with Crippen LogP contribution < -0.4 is 34.7 Å². The van der Waals surface area contributed by atoms with Crippen molar-refractivity contribution in [2.45, 2.75) is 6.92 Å². The smallest absolute Gasteiger partial charge is 0.545 e. The molecule has 0 aliphatic heterocycles. The third-order valence-electron chi connectivity index (χ3n) is 1.49. The zero-order chi connectivity index (χ0) is 8.97. The number of rotatable bonds is 2. The van der Waals surface area contributed by atoms with Crippen molar-refractivity contribution in [2.75, 3.05) is 0 Å². The van der Waals surface area contributed by atoms with Gasteiger partial charge in [0.25, 0.3) is 0 Å². The van der Waals surface area contributed by atoms with Crippen molar-refractivity contribution < 1.29 is 39.5 Å². The summed E-state index contributed by atoms with van der Waals surface area (Å²) in [6.45, 7) is 1.98. The maximum absolute atomic E-state index is 10.0. The van der Waals surface area contributed by atoms with E-state index in [0.717, 1.165) is 17.2 Å². The number of aryl methyl sites for hydroxylation is 1. The molecular formula is C10H9NaO2. The second-order valence-electron chi connectivity index (χ2n) is 2.56. The maximum Gasteiger partial charge on any atom is 1.00 e. The van der Waals surface area contributed by atoms with Crippen LogP contribution in [0, 0.1) is 6.92 Å². The van der Waals surface area contributed by atoms with Gasteiger partial charge in [-0.2, -0.15) is 0 Å². The van der Waals surface area contributed by atoms with E-state index in [9.17, 15) is 9.90 Å². The molecule has 0 aliphatic rings. The van der Waals surface area contributed by atoms with Crippen LogP contribution in [-0.4, -0.2) is 5.97 Å². The molecule has 0 aliphatic carbocycles. The van der Waals surface area contributed by atoms with Crippen LogP contribution in [0.15, 0.2) is 30.3 Å². The molecule has 3 heteroatoms. The molecule has 13 heavy (non-hydrogen) atoms. The molecular weight excluding hydrogens is 175 g/mol. The Labute approximate surface area is 99.6 Å². The monoisotopic (exact) mass is 184 g/mol. The van der Waals surface area contributed by atoms with Gasteiger partial charge in [0.15, 0.2) is 0 Å². The zero-order valence-electron chi connectivity index (χ0n) is 7.78. The molecule has 0 heterocycles. The van der Waals surface area contributed by atoms with Crippen molar-refractivity contribution in [1.82, 2.24) is 0 Å². The summed E-state index contributed by atoms with van der Waals surface area (Å²) in [5, 5.41) is 10.0. The maximum atomic E-state index is 10.0. The van der Waals surface area contributed by atoms with E-state index in [2.05, 4.69) is 0 Å². The first kappa shape index (κ1) is 12.4. The van der Waals surface area contributed by atoms with Crippen LogP contribution in [0.1, 0.15) is 11.1 Å². The van der Waals surface area contributed by atoms with Gasteiger partial charge in [-0.05, 0) is 18.6 Å². The predicted octanol–water partition coefficient (Wildman–Crippen LogP) is -2.24. The number of benzene rings is 1. The Bertz CT molecular complexity index is 301. The van der Waals surface area contributed by atoms with Crippen molar-refractivity contribution >= 4 is 12.0 Å². The topological polar surface area (TPSA) is 40.1 Å². The van der Waals surface area contributed by atoms with Crippen molar-refractivity contribution in [1.29, 1.82) is 0 Å². The van der Waals surface area contributed by atoms with Gasteiger partial charge in [-0.25, -0.2) is 0 Å². The van der Waals surface area contributed by atoms with Gasteiger partial charge >= 0.3 is 29.6 Å². The van der Waals surface area contributed by atoms with Crippen molar-refractivity contribution in [3.05, 3.63) is 41.5 Å². The summed E-state index contributed by atoms with van der Waals surface area (Å²) in [5.41, 5.74) is 2.02. The van der Waals surface area contributed by atoms with Crippen LogP contribution in [0.3, 0.4) is 0 Å². The molecule has 1 rings (SSSR count). The number of aliphatic carboxylic acids is 1. The molecule has 0 fully saturated rings. The summed E-state index contributed by atoms with van der Waals surface area (Å²) in [5.74, 6) is -1.17. The molecule has 0 radical (unpaired) electrons. The molecule has 0 bridgehead atoms. The Kier molecular flexibility index (Phi) is 5.71. The zero-order valence-corrected chi connectivity index (χ0v) is 9.78. The average Bonchev–Trinajstić information content (AvgIpc) is 2.03. The van der Waals surface area contributed by atoms with E-state index < -0.39 is 5.97 Å². The van der Waals surface area contributed by atoms with E-state index in [4.69, 9.17) is 0 Å². The molecule has 0 atom stereocenters. The Morgan fingerprint density at radius 2 is 1.85 bits per heavy atom. The fourth-order valence-electron chi connectivity index (χ4n) is 0.842. The minimum absolute atomic E-state index is 0. The molecule has 62 valence electrons.